The summed E-state index contributed by atoms with van der Waals surface area (Å²) < 4.78 is 29.3. The molecule has 1 aromatic heterocycles. The summed E-state index contributed by atoms with van der Waals surface area (Å²) in [4.78, 5) is 6.82. The standard InChI is InChI=1S/C15H22BrIN4O3S/c16-13-8-12(25(18,22)23)9-19-15(13)20-10-1-4-21(14(17)7-10)11-2-5-24-6-3-11/h8-11,14H,1-7H2,(H,19,20)(H2,18,22,23). The minimum Gasteiger partial charge on any atom is -0.381 e. The van der Waals surface area contributed by atoms with Crippen LogP contribution in [0.3, 0.4) is 0 Å². The third-order valence-corrected chi connectivity index (χ3v) is 7.43. The van der Waals surface area contributed by atoms with Gasteiger partial charge in [0.15, 0.2) is 0 Å². The molecule has 0 bridgehead atoms. The number of nitrogens with zero attached hydrogens (tertiary/aromatic N) is 2. The molecule has 2 saturated heterocycles. The molecule has 0 saturated carbocycles. The Morgan fingerprint density at radius 1 is 1.36 bits per heavy atom. The fourth-order valence-corrected chi connectivity index (χ4v) is 5.81. The lowest BCUT2D eigenvalue weighted by atomic mass is 9.99. The predicted octanol–water partition coefficient (Wildman–Crippen LogP) is 2.31. The van der Waals surface area contributed by atoms with E-state index in [4.69, 9.17) is 9.88 Å². The summed E-state index contributed by atoms with van der Waals surface area (Å²) in [6, 6.07) is 2.42. The summed E-state index contributed by atoms with van der Waals surface area (Å²) in [5.74, 6) is 0.653. The Morgan fingerprint density at radius 2 is 2.08 bits per heavy atom. The summed E-state index contributed by atoms with van der Waals surface area (Å²) in [7, 11) is -3.74. The summed E-state index contributed by atoms with van der Waals surface area (Å²) >= 11 is 5.91. The van der Waals surface area contributed by atoms with Gasteiger partial charge in [-0.05, 0) is 47.7 Å². The zero-order chi connectivity index (χ0) is 18.0. The van der Waals surface area contributed by atoms with Crippen LogP contribution in [0.2, 0.25) is 0 Å². The third-order valence-electron chi connectivity index (χ3n) is 4.72. The molecular formula is C15H22BrIN4O3S. The van der Waals surface area contributed by atoms with Gasteiger partial charge in [-0.25, -0.2) is 18.5 Å². The maximum Gasteiger partial charge on any atom is 0.239 e. The summed E-state index contributed by atoms with van der Waals surface area (Å²) in [6.07, 6.45) is 5.56. The number of piperidine rings is 1. The largest absolute Gasteiger partial charge is 0.381 e. The molecule has 2 aliphatic heterocycles. The van der Waals surface area contributed by atoms with Crippen LogP contribution in [0.1, 0.15) is 25.7 Å². The van der Waals surface area contributed by atoms with Gasteiger partial charge < -0.3 is 10.1 Å². The number of nitrogens with two attached hydrogens (primary N) is 1. The molecule has 10 heteroatoms. The van der Waals surface area contributed by atoms with Gasteiger partial charge in [-0.3, -0.25) is 4.90 Å². The van der Waals surface area contributed by atoms with E-state index in [-0.39, 0.29) is 4.90 Å². The molecule has 3 heterocycles. The van der Waals surface area contributed by atoms with E-state index in [1.165, 1.54) is 12.3 Å². The topological polar surface area (TPSA) is 97.6 Å². The third kappa shape index (κ3) is 5.04. The molecule has 25 heavy (non-hydrogen) atoms. The second-order valence-electron chi connectivity index (χ2n) is 6.43. The van der Waals surface area contributed by atoms with Crippen LogP contribution in [0.25, 0.3) is 0 Å². The Labute approximate surface area is 170 Å². The number of hydrogen-bond acceptors (Lipinski definition) is 6. The zero-order valence-electron chi connectivity index (χ0n) is 13.7. The molecule has 3 rings (SSSR count). The van der Waals surface area contributed by atoms with Gasteiger partial charge in [0.25, 0.3) is 0 Å². The fraction of sp³-hybridized carbons (Fsp3) is 0.667. The lowest BCUT2D eigenvalue weighted by molar-refractivity contribution is 0.0230. The molecule has 7 nitrogen and oxygen atoms in total. The van der Waals surface area contributed by atoms with Crippen LogP contribution >= 0.6 is 38.5 Å². The normalized spacial score (nSPS) is 26.5. The molecule has 140 valence electrons. The van der Waals surface area contributed by atoms with E-state index in [1.807, 2.05) is 0 Å². The lowest BCUT2D eigenvalue weighted by Crippen LogP contribution is -2.50. The highest BCUT2D eigenvalue weighted by Gasteiger charge is 2.32. The molecule has 0 radical (unpaired) electrons. The Kier molecular flexibility index (Phi) is 6.59. The number of aromatic nitrogens is 1. The quantitative estimate of drug-likeness (QED) is 0.343. The van der Waals surface area contributed by atoms with Gasteiger partial charge in [-0.15, -0.1) is 0 Å². The summed E-state index contributed by atoms with van der Waals surface area (Å²) in [5, 5.41) is 8.57. The van der Waals surface area contributed by atoms with Crippen LogP contribution in [0, 0.1) is 0 Å². The Hall–Kier alpha value is -0.0100. The second-order valence-corrected chi connectivity index (χ2v) is 10.3. The molecule has 0 spiro atoms. The Morgan fingerprint density at radius 3 is 2.68 bits per heavy atom. The molecule has 3 N–H and O–H groups in total. The number of primary sulfonamides is 1. The van der Waals surface area contributed by atoms with Crippen molar-refractivity contribution in [3.8, 4) is 0 Å². The smallest absolute Gasteiger partial charge is 0.239 e. The van der Waals surface area contributed by atoms with E-state index in [2.05, 4.69) is 53.7 Å². The van der Waals surface area contributed by atoms with Crippen molar-refractivity contribution in [3.63, 3.8) is 0 Å². The van der Waals surface area contributed by atoms with Crippen molar-refractivity contribution in [1.82, 2.24) is 9.88 Å². The van der Waals surface area contributed by atoms with Gasteiger partial charge in [-0.1, -0.05) is 22.6 Å². The predicted molar refractivity (Wildman–Crippen MR) is 108 cm³/mol. The first-order valence-electron chi connectivity index (χ1n) is 8.27. The molecule has 2 aliphatic rings. The highest BCUT2D eigenvalue weighted by atomic mass is 127. The average molecular weight is 545 g/mol. The monoisotopic (exact) mass is 544 g/mol. The van der Waals surface area contributed by atoms with Crippen LogP contribution < -0.4 is 10.5 Å². The summed E-state index contributed by atoms with van der Waals surface area (Å²) in [6.45, 7) is 2.77. The summed E-state index contributed by atoms with van der Waals surface area (Å²) in [5.41, 5.74) is 0. The van der Waals surface area contributed by atoms with Gasteiger partial charge in [0, 0.05) is 38.0 Å². The van der Waals surface area contributed by atoms with Crippen molar-refractivity contribution in [2.24, 2.45) is 5.14 Å². The molecule has 2 fully saturated rings. The van der Waals surface area contributed by atoms with Crippen molar-refractivity contribution in [3.05, 3.63) is 16.7 Å². The fourth-order valence-electron chi connectivity index (χ4n) is 3.37. The van der Waals surface area contributed by atoms with Gasteiger partial charge in [0.2, 0.25) is 10.0 Å². The van der Waals surface area contributed by atoms with Crippen molar-refractivity contribution in [2.75, 3.05) is 25.1 Å². The van der Waals surface area contributed by atoms with Crippen LogP contribution in [0.4, 0.5) is 5.82 Å². The van der Waals surface area contributed by atoms with Gasteiger partial charge in [0.05, 0.1) is 8.52 Å². The van der Waals surface area contributed by atoms with E-state index < -0.39 is 10.0 Å². The van der Waals surface area contributed by atoms with Crippen molar-refractivity contribution >= 4 is 54.4 Å². The highest BCUT2D eigenvalue weighted by Crippen LogP contribution is 2.31. The average Bonchev–Trinajstić information content (AvgIpc) is 2.57. The number of pyridine rings is 1. The molecule has 0 aromatic carbocycles. The van der Waals surface area contributed by atoms with E-state index in [9.17, 15) is 8.42 Å². The second kappa shape index (κ2) is 8.34. The number of sulfonamides is 1. The van der Waals surface area contributed by atoms with Crippen LogP contribution in [0.15, 0.2) is 21.6 Å². The number of ether oxygens (including phenoxy) is 1. The van der Waals surface area contributed by atoms with E-state index in [0.717, 1.165) is 45.4 Å². The minimum atomic E-state index is -3.74. The molecule has 2 atom stereocenters. The number of anilines is 1. The van der Waals surface area contributed by atoms with Crippen LogP contribution in [0.5, 0.6) is 0 Å². The minimum absolute atomic E-state index is 0.00558. The molecular weight excluding hydrogens is 523 g/mol. The molecule has 0 aliphatic carbocycles. The molecule has 1 aromatic rings. The number of halogens is 2. The highest BCUT2D eigenvalue weighted by molar-refractivity contribution is 14.1. The maximum atomic E-state index is 11.4. The van der Waals surface area contributed by atoms with Crippen molar-refractivity contribution < 1.29 is 13.2 Å². The van der Waals surface area contributed by atoms with E-state index in [1.54, 1.807) is 0 Å². The van der Waals surface area contributed by atoms with E-state index in [0.29, 0.717) is 26.4 Å². The maximum absolute atomic E-state index is 11.4. The van der Waals surface area contributed by atoms with Gasteiger partial charge in [-0.2, -0.15) is 0 Å². The number of alkyl halides is 1. The Balaban J connectivity index is 1.61. The number of rotatable bonds is 4. The van der Waals surface area contributed by atoms with Crippen molar-refractivity contribution in [2.45, 2.75) is 46.7 Å². The number of likely N-dealkylation sites (tertiary alicyclic amines) is 1. The first-order valence-corrected chi connectivity index (χ1v) is 11.9. The number of hydrogen-bond donors (Lipinski definition) is 2. The zero-order valence-corrected chi connectivity index (χ0v) is 18.3. The van der Waals surface area contributed by atoms with Gasteiger partial charge >= 0.3 is 0 Å². The van der Waals surface area contributed by atoms with Crippen LogP contribution in [-0.2, 0) is 14.8 Å². The van der Waals surface area contributed by atoms with Crippen molar-refractivity contribution in [1.29, 1.82) is 0 Å². The molecule has 2 unspecified atom stereocenters. The molecule has 0 amide bonds. The lowest BCUT2D eigenvalue weighted by Gasteiger charge is -2.43. The van der Waals surface area contributed by atoms with Crippen LogP contribution in [-0.4, -0.2) is 54.2 Å². The Bertz CT molecular complexity index is 715. The SMILES string of the molecule is NS(=O)(=O)c1cnc(NC2CCN(C3CCOCC3)C(I)C2)c(Br)c1. The number of nitrogens with one attached hydrogen (secondary N) is 1. The first kappa shape index (κ1) is 19.7. The van der Waals surface area contributed by atoms with E-state index >= 15 is 0 Å². The first-order chi connectivity index (χ1) is 11.8. The van der Waals surface area contributed by atoms with Gasteiger partial charge in [0.1, 0.15) is 10.7 Å².